The van der Waals surface area contributed by atoms with Gasteiger partial charge in [-0.2, -0.15) is 0 Å². The molecule has 1 aromatic rings. The monoisotopic (exact) mass is 336 g/mol. The molecule has 5 nitrogen and oxygen atoms in total. The Morgan fingerprint density at radius 2 is 1.92 bits per heavy atom. The Labute approximate surface area is 144 Å². The van der Waals surface area contributed by atoms with E-state index in [0.717, 1.165) is 39.1 Å². The third kappa shape index (κ3) is 5.26. The second-order valence-corrected chi connectivity index (χ2v) is 6.68. The van der Waals surface area contributed by atoms with Crippen LogP contribution in [0.25, 0.3) is 0 Å². The van der Waals surface area contributed by atoms with Gasteiger partial charge in [-0.3, -0.25) is 9.69 Å². The summed E-state index contributed by atoms with van der Waals surface area (Å²) in [7, 11) is 5.73. The highest BCUT2D eigenvalue weighted by Gasteiger charge is 2.25. The van der Waals surface area contributed by atoms with Crippen LogP contribution in [0.1, 0.15) is 18.0 Å². The molecule has 0 unspecified atom stereocenters. The van der Waals surface area contributed by atoms with E-state index in [2.05, 4.69) is 22.2 Å². The van der Waals surface area contributed by atoms with Crippen LogP contribution in [0.3, 0.4) is 0 Å². The molecule has 1 amide bonds. The van der Waals surface area contributed by atoms with Crippen LogP contribution in [0.15, 0.2) is 24.3 Å². The molecule has 0 spiro atoms. The zero-order valence-corrected chi connectivity index (χ0v) is 15.0. The van der Waals surface area contributed by atoms with Crippen LogP contribution >= 0.6 is 0 Å². The van der Waals surface area contributed by atoms with Gasteiger partial charge in [-0.1, -0.05) is 18.2 Å². The lowest BCUT2D eigenvalue weighted by atomic mass is 10.0. The average Bonchev–Trinajstić information content (AvgIpc) is 2.55. The second kappa shape index (κ2) is 9.11. The van der Waals surface area contributed by atoms with Crippen LogP contribution in [0.4, 0.5) is 4.39 Å². The molecule has 0 radical (unpaired) electrons. The third-order valence-corrected chi connectivity index (χ3v) is 4.51. The van der Waals surface area contributed by atoms with Crippen molar-refractivity contribution in [3.8, 4) is 0 Å². The topological polar surface area (TPSA) is 38.8 Å². The number of carbonyl (C=O) groups excluding carboxylic acids is 1. The minimum Gasteiger partial charge on any atom is -0.354 e. The zero-order valence-electron chi connectivity index (χ0n) is 15.0. The molecule has 0 aromatic heterocycles. The molecule has 1 N–H and O–H groups in total. The number of halogens is 1. The van der Waals surface area contributed by atoms with Gasteiger partial charge in [0, 0.05) is 38.3 Å². The Morgan fingerprint density at radius 3 is 2.54 bits per heavy atom. The predicted molar refractivity (Wildman–Crippen MR) is 94.4 cm³/mol. The Kier molecular flexibility index (Phi) is 7.15. The molecule has 1 fully saturated rings. The van der Waals surface area contributed by atoms with Crippen molar-refractivity contribution >= 4 is 5.91 Å². The van der Waals surface area contributed by atoms with E-state index in [9.17, 15) is 9.18 Å². The first-order chi connectivity index (χ1) is 11.5. The van der Waals surface area contributed by atoms with Crippen molar-refractivity contribution in [2.24, 2.45) is 0 Å². The minimum absolute atomic E-state index is 0.150. The first kappa shape index (κ1) is 18.8. The fourth-order valence-corrected chi connectivity index (χ4v) is 3.03. The molecule has 0 bridgehead atoms. The summed E-state index contributed by atoms with van der Waals surface area (Å²) in [4.78, 5) is 19.0. The van der Waals surface area contributed by atoms with Crippen LogP contribution < -0.4 is 5.32 Å². The molecular formula is C18H29FN4O. The lowest BCUT2D eigenvalue weighted by Gasteiger charge is -2.32. The SMILES string of the molecule is CN1CCN(CCCNC(=O)[C@H](c2ccccc2F)N(C)C)CC1. The molecule has 24 heavy (non-hydrogen) atoms. The van der Waals surface area contributed by atoms with Crippen LogP contribution in [-0.4, -0.2) is 81.0 Å². The highest BCUT2D eigenvalue weighted by atomic mass is 19.1. The summed E-state index contributed by atoms with van der Waals surface area (Å²) in [6.45, 7) is 5.97. The fraction of sp³-hybridized carbons (Fsp3) is 0.611. The summed E-state index contributed by atoms with van der Waals surface area (Å²) in [5.41, 5.74) is 0.416. The summed E-state index contributed by atoms with van der Waals surface area (Å²) in [5, 5.41) is 2.95. The number of hydrogen-bond acceptors (Lipinski definition) is 4. The van der Waals surface area contributed by atoms with Crippen molar-refractivity contribution in [2.75, 3.05) is 60.4 Å². The summed E-state index contributed by atoms with van der Waals surface area (Å²) in [6.07, 6.45) is 0.910. The number of rotatable bonds is 7. The number of likely N-dealkylation sites (N-methyl/N-ethyl adjacent to an activating group) is 2. The molecule has 1 heterocycles. The number of hydrogen-bond donors (Lipinski definition) is 1. The smallest absolute Gasteiger partial charge is 0.242 e. The summed E-state index contributed by atoms with van der Waals surface area (Å²) < 4.78 is 14.0. The van der Waals surface area contributed by atoms with Crippen molar-refractivity contribution in [1.29, 1.82) is 0 Å². The van der Waals surface area contributed by atoms with E-state index in [1.54, 1.807) is 37.2 Å². The van der Waals surface area contributed by atoms with Gasteiger partial charge in [0.25, 0.3) is 0 Å². The maximum absolute atomic E-state index is 14.0. The second-order valence-electron chi connectivity index (χ2n) is 6.68. The van der Waals surface area contributed by atoms with E-state index in [0.29, 0.717) is 12.1 Å². The number of piperazine rings is 1. The number of amides is 1. The van der Waals surface area contributed by atoms with E-state index in [1.165, 1.54) is 6.07 Å². The highest BCUT2D eigenvalue weighted by Crippen LogP contribution is 2.21. The lowest BCUT2D eigenvalue weighted by Crippen LogP contribution is -2.45. The van der Waals surface area contributed by atoms with E-state index < -0.39 is 6.04 Å². The highest BCUT2D eigenvalue weighted by molar-refractivity contribution is 5.83. The Balaban J connectivity index is 1.80. The molecule has 1 saturated heterocycles. The largest absolute Gasteiger partial charge is 0.354 e. The summed E-state index contributed by atoms with van der Waals surface area (Å²) in [6, 6.07) is 5.86. The van der Waals surface area contributed by atoms with Gasteiger partial charge >= 0.3 is 0 Å². The first-order valence-electron chi connectivity index (χ1n) is 8.58. The summed E-state index contributed by atoms with van der Waals surface area (Å²) in [5.74, 6) is -0.493. The molecule has 1 atom stereocenters. The van der Waals surface area contributed by atoms with E-state index in [-0.39, 0.29) is 11.7 Å². The molecular weight excluding hydrogens is 307 g/mol. The lowest BCUT2D eigenvalue weighted by molar-refractivity contribution is -0.125. The van der Waals surface area contributed by atoms with Crippen LogP contribution in [0.5, 0.6) is 0 Å². The van der Waals surface area contributed by atoms with Gasteiger partial charge in [0.15, 0.2) is 0 Å². The zero-order chi connectivity index (χ0) is 17.5. The number of nitrogens with one attached hydrogen (secondary N) is 1. The van der Waals surface area contributed by atoms with E-state index in [4.69, 9.17) is 0 Å². The van der Waals surface area contributed by atoms with Gasteiger partial charge in [0.05, 0.1) is 0 Å². The number of benzene rings is 1. The quantitative estimate of drug-likeness (QED) is 0.759. The van der Waals surface area contributed by atoms with Crippen LogP contribution in [0.2, 0.25) is 0 Å². The molecule has 1 aliphatic heterocycles. The summed E-state index contributed by atoms with van der Waals surface area (Å²) >= 11 is 0. The van der Waals surface area contributed by atoms with Crippen molar-refractivity contribution in [2.45, 2.75) is 12.5 Å². The number of carbonyl (C=O) groups is 1. The van der Waals surface area contributed by atoms with Crippen molar-refractivity contribution in [1.82, 2.24) is 20.0 Å². The number of nitrogens with zero attached hydrogens (tertiary/aromatic N) is 3. The van der Waals surface area contributed by atoms with Gasteiger partial charge in [-0.15, -0.1) is 0 Å². The average molecular weight is 336 g/mol. The molecule has 0 aliphatic carbocycles. The molecule has 2 rings (SSSR count). The minimum atomic E-state index is -0.602. The maximum Gasteiger partial charge on any atom is 0.242 e. The predicted octanol–water partition coefficient (Wildman–Crippen LogP) is 1.18. The fourth-order valence-electron chi connectivity index (χ4n) is 3.03. The molecule has 6 heteroatoms. The molecule has 0 saturated carbocycles. The third-order valence-electron chi connectivity index (χ3n) is 4.51. The molecule has 134 valence electrons. The van der Waals surface area contributed by atoms with Crippen LogP contribution in [-0.2, 0) is 4.79 Å². The van der Waals surface area contributed by atoms with Gasteiger partial charge < -0.3 is 15.1 Å². The van der Waals surface area contributed by atoms with Crippen molar-refractivity contribution < 1.29 is 9.18 Å². The van der Waals surface area contributed by atoms with Gasteiger partial charge in [0.2, 0.25) is 5.91 Å². The Hall–Kier alpha value is -1.50. The van der Waals surface area contributed by atoms with Gasteiger partial charge in [-0.05, 0) is 40.2 Å². The van der Waals surface area contributed by atoms with E-state index >= 15 is 0 Å². The molecule has 1 aliphatic rings. The van der Waals surface area contributed by atoms with Crippen molar-refractivity contribution in [3.05, 3.63) is 35.6 Å². The normalized spacial score (nSPS) is 17.9. The van der Waals surface area contributed by atoms with Crippen molar-refractivity contribution in [3.63, 3.8) is 0 Å². The maximum atomic E-state index is 14.0. The van der Waals surface area contributed by atoms with Crippen LogP contribution in [0, 0.1) is 5.82 Å². The first-order valence-corrected chi connectivity index (χ1v) is 8.58. The van der Waals surface area contributed by atoms with Gasteiger partial charge in [-0.25, -0.2) is 4.39 Å². The standard InChI is InChI=1S/C18H29FN4O/c1-21(2)17(15-7-4-5-8-16(15)19)18(24)20-9-6-10-23-13-11-22(3)12-14-23/h4-5,7-8,17H,6,9-14H2,1-3H3,(H,20,24)/t17-/m0/s1. The van der Waals surface area contributed by atoms with Gasteiger partial charge in [0.1, 0.15) is 11.9 Å². The van der Waals surface area contributed by atoms with E-state index in [1.807, 2.05) is 0 Å². The molecule has 1 aromatic carbocycles. The Bertz CT molecular complexity index is 530. The Morgan fingerprint density at radius 1 is 1.25 bits per heavy atom.